The molecule has 0 bridgehead atoms. The van der Waals surface area contributed by atoms with Gasteiger partial charge in [-0.25, -0.2) is 4.39 Å². The molecule has 1 fully saturated rings. The number of allylic oxidation sites excluding steroid dienone is 2. The molecule has 1 saturated heterocycles. The van der Waals surface area contributed by atoms with Crippen LogP contribution in [0.1, 0.15) is 83.4 Å². The Bertz CT molecular complexity index is 1200. The normalized spacial score (nSPS) is 13.3. The van der Waals surface area contributed by atoms with Gasteiger partial charge in [0, 0.05) is 47.0 Å². The van der Waals surface area contributed by atoms with Crippen LogP contribution < -0.4 is 0 Å². The lowest BCUT2D eigenvalue weighted by Crippen LogP contribution is -2.33. The van der Waals surface area contributed by atoms with E-state index in [0.29, 0.717) is 10.9 Å². The standard InChI is InChI=1S/C27H28ClFN2.C5H12.C2H6/c1-17(2)18(3)25-16-30-27-15-26(28)23(14-24(25)27)19(4)31-11-9-21(10-12-31)13-20-5-7-22(29)8-6-20;1-3-5-4-2;1-2/h5-8,14-16,21,30H,1,3-4,9-13H2,2H3;3-5H2,1-2H3;1-2H3. The molecule has 0 atom stereocenters. The molecule has 0 spiro atoms. The van der Waals surface area contributed by atoms with Gasteiger partial charge in [-0.05, 0) is 67.5 Å². The molecule has 1 aliphatic heterocycles. The molecule has 4 heteroatoms. The molecule has 1 aliphatic rings. The third-order valence-electron chi connectivity index (χ3n) is 7.06. The van der Waals surface area contributed by atoms with Crippen molar-refractivity contribution in [1.29, 1.82) is 0 Å². The number of hydrogen-bond donors (Lipinski definition) is 1. The molecule has 2 heterocycles. The van der Waals surface area contributed by atoms with Gasteiger partial charge in [0.1, 0.15) is 5.82 Å². The number of unbranched alkanes of at least 4 members (excludes halogenated alkanes) is 2. The third-order valence-corrected chi connectivity index (χ3v) is 7.37. The number of aromatic nitrogens is 1. The molecule has 4 rings (SSSR count). The van der Waals surface area contributed by atoms with E-state index in [0.717, 1.165) is 71.2 Å². The number of nitrogens with one attached hydrogen (secondary N) is 1. The molecular weight excluding hydrogens is 491 g/mol. The maximum atomic E-state index is 13.1. The molecule has 1 aromatic heterocycles. The Balaban J connectivity index is 0.000000651. The fourth-order valence-corrected chi connectivity index (χ4v) is 5.00. The summed E-state index contributed by atoms with van der Waals surface area (Å²) in [6.07, 6.45) is 9.19. The molecule has 2 nitrogen and oxygen atoms in total. The first-order valence-electron chi connectivity index (χ1n) is 14.1. The van der Waals surface area contributed by atoms with Gasteiger partial charge in [-0.2, -0.15) is 0 Å². The van der Waals surface area contributed by atoms with Gasteiger partial charge < -0.3 is 9.88 Å². The van der Waals surface area contributed by atoms with Crippen molar-refractivity contribution in [1.82, 2.24) is 9.88 Å². The Morgan fingerprint density at radius 1 is 1.00 bits per heavy atom. The van der Waals surface area contributed by atoms with Gasteiger partial charge in [0.2, 0.25) is 0 Å². The summed E-state index contributed by atoms with van der Waals surface area (Å²) in [7, 11) is 0. The van der Waals surface area contributed by atoms with E-state index in [4.69, 9.17) is 11.6 Å². The maximum absolute atomic E-state index is 13.1. The summed E-state index contributed by atoms with van der Waals surface area (Å²) in [6.45, 7) is 24.9. The molecular formula is C34H46ClFN2. The summed E-state index contributed by atoms with van der Waals surface area (Å²) in [5.41, 5.74) is 7.01. The fraction of sp³-hybridized carbons (Fsp3) is 0.412. The van der Waals surface area contributed by atoms with Crippen LogP contribution in [0.5, 0.6) is 0 Å². The van der Waals surface area contributed by atoms with Crippen LogP contribution in [0.25, 0.3) is 22.2 Å². The van der Waals surface area contributed by atoms with Crippen LogP contribution in [-0.2, 0) is 6.42 Å². The van der Waals surface area contributed by atoms with E-state index in [9.17, 15) is 4.39 Å². The van der Waals surface area contributed by atoms with Crippen LogP contribution in [0.3, 0.4) is 0 Å². The molecule has 3 aromatic rings. The molecule has 0 radical (unpaired) electrons. The lowest BCUT2D eigenvalue weighted by atomic mass is 9.89. The third kappa shape index (κ3) is 8.36. The lowest BCUT2D eigenvalue weighted by molar-refractivity contribution is 0.254. The number of rotatable bonds is 8. The topological polar surface area (TPSA) is 19.0 Å². The Hall–Kier alpha value is -2.78. The number of benzene rings is 2. The minimum Gasteiger partial charge on any atom is -0.371 e. The zero-order chi connectivity index (χ0) is 28.2. The first-order chi connectivity index (χ1) is 18.2. The van der Waals surface area contributed by atoms with E-state index >= 15 is 0 Å². The van der Waals surface area contributed by atoms with Crippen molar-refractivity contribution in [3.8, 4) is 0 Å². The van der Waals surface area contributed by atoms with Gasteiger partial charge in [-0.1, -0.05) is 96.0 Å². The number of likely N-dealkylation sites (tertiary alicyclic amines) is 1. The lowest BCUT2D eigenvalue weighted by Gasteiger charge is -2.35. The van der Waals surface area contributed by atoms with Crippen molar-refractivity contribution in [2.24, 2.45) is 5.92 Å². The first kappa shape index (κ1) is 31.4. The van der Waals surface area contributed by atoms with Gasteiger partial charge in [-0.3, -0.25) is 0 Å². The molecule has 38 heavy (non-hydrogen) atoms. The van der Waals surface area contributed by atoms with Crippen molar-refractivity contribution < 1.29 is 4.39 Å². The summed E-state index contributed by atoms with van der Waals surface area (Å²) < 4.78 is 13.1. The van der Waals surface area contributed by atoms with Crippen molar-refractivity contribution in [3.63, 3.8) is 0 Å². The van der Waals surface area contributed by atoms with E-state index in [1.807, 2.05) is 45.2 Å². The number of hydrogen-bond acceptors (Lipinski definition) is 1. The van der Waals surface area contributed by atoms with E-state index in [1.54, 1.807) is 12.1 Å². The molecule has 0 unspecified atom stereocenters. The summed E-state index contributed by atoms with van der Waals surface area (Å²) in [5.74, 6) is 0.420. The molecule has 1 N–H and O–H groups in total. The molecule has 0 saturated carbocycles. The second kappa shape index (κ2) is 15.6. The molecule has 0 aliphatic carbocycles. The number of halogens is 2. The van der Waals surface area contributed by atoms with Crippen molar-refractivity contribution in [2.45, 2.75) is 73.1 Å². The van der Waals surface area contributed by atoms with Crippen molar-refractivity contribution in [2.75, 3.05) is 13.1 Å². The maximum Gasteiger partial charge on any atom is 0.123 e. The van der Waals surface area contributed by atoms with E-state index < -0.39 is 0 Å². The average Bonchev–Trinajstić information content (AvgIpc) is 3.33. The van der Waals surface area contributed by atoms with Crippen molar-refractivity contribution >= 4 is 33.8 Å². The highest BCUT2D eigenvalue weighted by molar-refractivity contribution is 6.33. The second-order valence-electron chi connectivity index (χ2n) is 9.90. The van der Waals surface area contributed by atoms with E-state index in [1.165, 1.54) is 24.8 Å². The highest BCUT2D eigenvalue weighted by Crippen LogP contribution is 2.36. The summed E-state index contributed by atoms with van der Waals surface area (Å²) in [5, 5.41) is 1.78. The smallest absolute Gasteiger partial charge is 0.123 e. The fourth-order valence-electron chi connectivity index (χ4n) is 4.73. The molecule has 206 valence electrons. The second-order valence-corrected chi connectivity index (χ2v) is 10.3. The SMILES string of the molecule is C=C(C)C(=C)c1c[nH]c2cc(Cl)c(C(=C)N3CCC(Cc4ccc(F)cc4)CC3)cc12.CC.CCCCC. The van der Waals surface area contributed by atoms with Gasteiger partial charge >= 0.3 is 0 Å². The number of H-pyrrole nitrogens is 1. The summed E-state index contributed by atoms with van der Waals surface area (Å²) in [4.78, 5) is 5.62. The van der Waals surface area contributed by atoms with Gasteiger partial charge in [0.05, 0.1) is 5.02 Å². The number of nitrogens with zero attached hydrogens (tertiary/aromatic N) is 1. The average molecular weight is 537 g/mol. The molecule has 2 aromatic carbocycles. The van der Waals surface area contributed by atoms with Crippen LogP contribution in [0, 0.1) is 11.7 Å². The van der Waals surface area contributed by atoms with Crippen LogP contribution in [0.2, 0.25) is 5.02 Å². The largest absolute Gasteiger partial charge is 0.371 e. The highest BCUT2D eigenvalue weighted by Gasteiger charge is 2.23. The zero-order valence-electron chi connectivity index (χ0n) is 24.1. The Morgan fingerprint density at radius 3 is 2.13 bits per heavy atom. The molecule has 0 amide bonds. The minimum absolute atomic E-state index is 0.180. The summed E-state index contributed by atoms with van der Waals surface area (Å²) >= 11 is 6.64. The van der Waals surface area contributed by atoms with Crippen LogP contribution in [-0.4, -0.2) is 23.0 Å². The minimum atomic E-state index is -0.180. The van der Waals surface area contributed by atoms with Crippen LogP contribution >= 0.6 is 11.6 Å². The van der Waals surface area contributed by atoms with Gasteiger partial charge in [0.15, 0.2) is 0 Å². The monoisotopic (exact) mass is 536 g/mol. The number of fused-ring (bicyclic) bond motifs is 1. The van der Waals surface area contributed by atoms with Gasteiger partial charge in [0.25, 0.3) is 0 Å². The Labute approximate surface area is 235 Å². The Morgan fingerprint density at radius 2 is 1.61 bits per heavy atom. The number of aromatic amines is 1. The predicted molar refractivity (Wildman–Crippen MR) is 167 cm³/mol. The van der Waals surface area contributed by atoms with Crippen molar-refractivity contribution in [3.05, 3.63) is 95.4 Å². The van der Waals surface area contributed by atoms with Crippen LogP contribution in [0.15, 0.2) is 67.9 Å². The van der Waals surface area contributed by atoms with E-state index in [-0.39, 0.29) is 5.82 Å². The number of piperidine rings is 1. The predicted octanol–water partition coefficient (Wildman–Crippen LogP) is 10.7. The quantitative estimate of drug-likeness (QED) is 0.283. The zero-order valence-corrected chi connectivity index (χ0v) is 24.9. The summed E-state index contributed by atoms with van der Waals surface area (Å²) in [6, 6.07) is 11.0. The highest BCUT2D eigenvalue weighted by atomic mass is 35.5. The Kier molecular flexibility index (Phi) is 12.9. The van der Waals surface area contributed by atoms with Crippen LogP contribution in [0.4, 0.5) is 4.39 Å². The van der Waals surface area contributed by atoms with Gasteiger partial charge in [-0.15, -0.1) is 0 Å². The van der Waals surface area contributed by atoms with E-state index in [2.05, 4.69) is 49.5 Å². The first-order valence-corrected chi connectivity index (χ1v) is 14.5.